The van der Waals surface area contributed by atoms with Gasteiger partial charge in [0, 0.05) is 0 Å². The van der Waals surface area contributed by atoms with E-state index in [4.69, 9.17) is 11.5 Å². The van der Waals surface area contributed by atoms with Crippen LogP contribution in [0, 0.1) is 0 Å². The predicted octanol–water partition coefficient (Wildman–Crippen LogP) is 1.50. The first kappa shape index (κ1) is 9.85. The van der Waals surface area contributed by atoms with Gasteiger partial charge in [0.2, 0.25) is 0 Å². The van der Waals surface area contributed by atoms with Crippen molar-refractivity contribution in [3.05, 3.63) is 0 Å². The second-order valence-corrected chi connectivity index (χ2v) is 2.91. The highest BCUT2D eigenvalue weighted by Crippen LogP contribution is 2.01. The Labute approximate surface area is 68.0 Å². The van der Waals surface area contributed by atoms with Crippen LogP contribution in [0.1, 0.15) is 32.6 Å². The van der Waals surface area contributed by atoms with Crippen molar-refractivity contribution in [3.63, 3.8) is 0 Å². The minimum absolute atomic E-state index is 0.179. The Balaban J connectivity index is 3.21. The molecule has 0 heterocycles. The Morgan fingerprint density at radius 3 is 2.60 bits per heavy atom. The zero-order valence-corrected chi connectivity index (χ0v) is 7.21. The fourth-order valence-electron chi connectivity index (χ4n) is 0.745. The van der Waals surface area contributed by atoms with E-state index in [1.807, 2.05) is 0 Å². The maximum Gasteiger partial charge on any atom is 0.111 e. The van der Waals surface area contributed by atoms with E-state index < -0.39 is 0 Å². The SMILES string of the molecule is CCCCCC(N)C([NH])=S. The Morgan fingerprint density at radius 1 is 1.60 bits per heavy atom. The predicted molar refractivity (Wildman–Crippen MR) is 47.8 cm³/mol. The van der Waals surface area contributed by atoms with E-state index >= 15 is 0 Å². The molecule has 0 amide bonds. The van der Waals surface area contributed by atoms with E-state index in [1.54, 1.807) is 0 Å². The summed E-state index contributed by atoms with van der Waals surface area (Å²) >= 11 is 4.61. The third kappa shape index (κ3) is 4.70. The minimum atomic E-state index is -0.179. The van der Waals surface area contributed by atoms with Crippen LogP contribution < -0.4 is 11.5 Å². The molecule has 0 saturated heterocycles. The summed E-state index contributed by atoms with van der Waals surface area (Å²) in [6, 6.07) is -0.179. The van der Waals surface area contributed by atoms with Crippen LogP contribution in [0.5, 0.6) is 0 Å². The van der Waals surface area contributed by atoms with Gasteiger partial charge in [0.1, 0.15) is 4.99 Å². The van der Waals surface area contributed by atoms with Crippen molar-refractivity contribution in [3.8, 4) is 0 Å². The summed E-state index contributed by atoms with van der Waals surface area (Å²) in [6.45, 7) is 2.14. The van der Waals surface area contributed by atoms with E-state index in [9.17, 15) is 0 Å². The van der Waals surface area contributed by atoms with Gasteiger partial charge < -0.3 is 5.73 Å². The Hall–Kier alpha value is -0.150. The van der Waals surface area contributed by atoms with Crippen molar-refractivity contribution in [2.75, 3.05) is 0 Å². The Bertz CT molecular complexity index is 104. The lowest BCUT2D eigenvalue weighted by atomic mass is 10.1. The van der Waals surface area contributed by atoms with Crippen LogP contribution in [-0.2, 0) is 0 Å². The molecule has 0 aliphatic heterocycles. The second kappa shape index (κ2) is 5.62. The average molecular weight is 159 g/mol. The molecule has 10 heavy (non-hydrogen) atoms. The van der Waals surface area contributed by atoms with E-state index in [0.717, 1.165) is 12.8 Å². The van der Waals surface area contributed by atoms with Crippen molar-refractivity contribution in [1.29, 1.82) is 0 Å². The maximum atomic E-state index is 7.03. The molecule has 1 unspecified atom stereocenters. The van der Waals surface area contributed by atoms with Crippen LogP contribution >= 0.6 is 12.2 Å². The normalized spacial score (nSPS) is 13.0. The molecule has 3 heteroatoms. The maximum absolute atomic E-state index is 7.03. The fourth-order valence-corrected chi connectivity index (χ4v) is 0.863. The molecule has 2 nitrogen and oxygen atoms in total. The van der Waals surface area contributed by atoms with Crippen LogP contribution in [0.25, 0.3) is 0 Å². The van der Waals surface area contributed by atoms with Gasteiger partial charge in [0.05, 0.1) is 6.04 Å². The van der Waals surface area contributed by atoms with E-state index in [1.165, 1.54) is 12.8 Å². The fraction of sp³-hybridized carbons (Fsp3) is 0.857. The molecular formula is C7H15N2S. The molecular weight excluding hydrogens is 144 g/mol. The molecule has 0 aromatic carbocycles. The quantitative estimate of drug-likeness (QED) is 0.488. The summed E-state index contributed by atoms with van der Waals surface area (Å²) in [5, 5.41) is 0. The molecule has 1 atom stereocenters. The van der Waals surface area contributed by atoms with Gasteiger partial charge in [-0.15, -0.1) is 0 Å². The Morgan fingerprint density at radius 2 is 2.20 bits per heavy atom. The zero-order valence-electron chi connectivity index (χ0n) is 6.39. The number of rotatable bonds is 5. The summed E-state index contributed by atoms with van der Waals surface area (Å²) in [6.07, 6.45) is 4.35. The molecule has 0 aromatic heterocycles. The largest absolute Gasteiger partial charge is 0.322 e. The smallest absolute Gasteiger partial charge is 0.111 e. The number of nitrogens with one attached hydrogen (secondary N) is 1. The lowest BCUT2D eigenvalue weighted by molar-refractivity contribution is 0.638. The zero-order chi connectivity index (χ0) is 7.98. The molecule has 0 spiro atoms. The second-order valence-electron chi connectivity index (χ2n) is 2.47. The molecule has 0 bridgehead atoms. The van der Waals surface area contributed by atoms with E-state index in [0.29, 0.717) is 0 Å². The average Bonchev–Trinajstić information content (AvgIpc) is 1.88. The third-order valence-corrected chi connectivity index (χ3v) is 1.76. The van der Waals surface area contributed by atoms with Gasteiger partial charge in [-0.3, -0.25) is 5.73 Å². The van der Waals surface area contributed by atoms with Crippen LogP contribution in [0.2, 0.25) is 0 Å². The first-order chi connectivity index (χ1) is 4.68. The van der Waals surface area contributed by atoms with Crippen LogP contribution in [0.15, 0.2) is 0 Å². The number of hydrogen-bond donors (Lipinski definition) is 1. The van der Waals surface area contributed by atoms with Crippen molar-refractivity contribution >= 4 is 17.2 Å². The number of unbranched alkanes of at least 4 members (excludes halogenated alkanes) is 2. The van der Waals surface area contributed by atoms with Crippen LogP contribution in [0.4, 0.5) is 0 Å². The van der Waals surface area contributed by atoms with Gasteiger partial charge in [-0.2, -0.15) is 0 Å². The lowest BCUT2D eigenvalue weighted by Crippen LogP contribution is -2.29. The van der Waals surface area contributed by atoms with Crippen molar-refractivity contribution in [2.45, 2.75) is 38.6 Å². The highest BCUT2D eigenvalue weighted by molar-refractivity contribution is 7.80. The number of nitrogens with two attached hydrogens (primary N) is 1. The molecule has 0 aliphatic carbocycles. The highest BCUT2D eigenvalue weighted by atomic mass is 32.1. The van der Waals surface area contributed by atoms with Gasteiger partial charge >= 0.3 is 0 Å². The summed E-state index contributed by atoms with van der Waals surface area (Å²) in [5.41, 5.74) is 12.6. The van der Waals surface area contributed by atoms with E-state index in [-0.39, 0.29) is 11.0 Å². The standard InChI is InChI=1S/C7H15N2S/c1-2-3-4-5-6(8)7(9)10/h6,9H,2-5,8H2,1H3. The van der Waals surface area contributed by atoms with Crippen molar-refractivity contribution in [2.24, 2.45) is 5.73 Å². The molecule has 1 radical (unpaired) electrons. The van der Waals surface area contributed by atoms with Gasteiger partial charge in [0.25, 0.3) is 0 Å². The van der Waals surface area contributed by atoms with Crippen molar-refractivity contribution < 1.29 is 0 Å². The summed E-state index contributed by atoms with van der Waals surface area (Å²) in [5.74, 6) is 0. The summed E-state index contributed by atoms with van der Waals surface area (Å²) < 4.78 is 0. The topological polar surface area (TPSA) is 49.8 Å². The molecule has 3 N–H and O–H groups in total. The highest BCUT2D eigenvalue weighted by Gasteiger charge is 2.03. The molecule has 59 valence electrons. The summed E-state index contributed by atoms with van der Waals surface area (Å²) in [4.78, 5) is 0.191. The molecule has 0 fully saturated rings. The van der Waals surface area contributed by atoms with Gasteiger partial charge in [-0.05, 0) is 6.42 Å². The summed E-state index contributed by atoms with van der Waals surface area (Å²) in [7, 11) is 0. The van der Waals surface area contributed by atoms with Crippen LogP contribution in [-0.4, -0.2) is 11.0 Å². The van der Waals surface area contributed by atoms with Crippen molar-refractivity contribution in [1.82, 2.24) is 5.73 Å². The molecule has 0 aromatic rings. The first-order valence-electron chi connectivity index (χ1n) is 3.69. The Kier molecular flexibility index (Phi) is 5.54. The molecule has 0 saturated carbocycles. The number of hydrogen-bond acceptors (Lipinski definition) is 2. The van der Waals surface area contributed by atoms with Crippen LogP contribution in [0.3, 0.4) is 0 Å². The third-order valence-electron chi connectivity index (χ3n) is 1.46. The minimum Gasteiger partial charge on any atom is -0.322 e. The lowest BCUT2D eigenvalue weighted by Gasteiger charge is -2.06. The molecule has 0 aliphatic rings. The first-order valence-corrected chi connectivity index (χ1v) is 4.10. The molecule has 0 rings (SSSR count). The number of thiocarbonyl (C=S) groups is 1. The van der Waals surface area contributed by atoms with Gasteiger partial charge in [-0.25, -0.2) is 0 Å². The van der Waals surface area contributed by atoms with Gasteiger partial charge in [-0.1, -0.05) is 38.4 Å². The van der Waals surface area contributed by atoms with Gasteiger partial charge in [0.15, 0.2) is 0 Å². The monoisotopic (exact) mass is 159 g/mol. The van der Waals surface area contributed by atoms with E-state index in [2.05, 4.69) is 19.1 Å².